The van der Waals surface area contributed by atoms with Crippen molar-refractivity contribution in [3.63, 3.8) is 0 Å². The Morgan fingerprint density at radius 1 is 0.250 bits per heavy atom. The first-order chi connectivity index (χ1) is 23.9. The van der Waals surface area contributed by atoms with Crippen molar-refractivity contribution in [1.29, 1.82) is 0 Å². The predicted octanol–water partition coefficient (Wildman–Crippen LogP) is 2.39. The van der Waals surface area contributed by atoms with Gasteiger partial charge < -0.3 is 66.9 Å². The molecule has 0 aliphatic rings. The Labute approximate surface area is 291 Å². The van der Waals surface area contributed by atoms with E-state index in [1.807, 2.05) is 7.05 Å². The van der Waals surface area contributed by atoms with Crippen molar-refractivity contribution in [3.8, 4) is 0 Å². The molecule has 0 bridgehead atoms. The van der Waals surface area contributed by atoms with E-state index in [4.69, 9.17) is 61.6 Å². The summed E-state index contributed by atoms with van der Waals surface area (Å²) in [5.41, 5.74) is 0. The van der Waals surface area contributed by atoms with Gasteiger partial charge in [0, 0.05) is 13.2 Å². The summed E-state index contributed by atoms with van der Waals surface area (Å²) in [5.74, 6) is 0. The van der Waals surface area contributed by atoms with E-state index in [1.54, 1.807) is 0 Å². The smallest absolute Gasteiger partial charge is 0.0701 e. The van der Waals surface area contributed by atoms with Gasteiger partial charge in [0.1, 0.15) is 0 Å². The van der Waals surface area contributed by atoms with Crippen LogP contribution in [0.3, 0.4) is 0 Å². The minimum atomic E-state index is 0.515. The molecule has 0 aromatic heterocycles. The highest BCUT2D eigenvalue weighted by atomic mass is 16.6. The topological polar surface area (TPSA) is 132 Å². The lowest BCUT2D eigenvalue weighted by molar-refractivity contribution is -0.0290. The molecule has 0 aromatic rings. The van der Waals surface area contributed by atoms with Gasteiger partial charge in [-0.1, -0.05) is 32.6 Å². The second kappa shape index (κ2) is 46.4. The summed E-state index contributed by atoms with van der Waals surface area (Å²) >= 11 is 0. The zero-order valence-electron chi connectivity index (χ0n) is 30.4. The Bertz CT molecular complexity index is 509. The van der Waals surface area contributed by atoms with Crippen molar-refractivity contribution in [2.75, 3.05) is 185 Å². The monoisotopic (exact) mass is 701 g/mol. The van der Waals surface area contributed by atoms with E-state index in [2.05, 4.69) is 12.2 Å². The van der Waals surface area contributed by atoms with Gasteiger partial charge in [-0.05, 0) is 13.5 Å². The number of nitrogens with one attached hydrogen (secondary N) is 1. The Balaban J connectivity index is 3.04. The van der Waals surface area contributed by atoms with Crippen molar-refractivity contribution in [2.24, 2.45) is 0 Å². The molecule has 0 aliphatic heterocycles. The summed E-state index contributed by atoms with van der Waals surface area (Å²) in [6.07, 6.45) is 6.28. The van der Waals surface area contributed by atoms with Crippen LogP contribution in [0.5, 0.6) is 0 Å². The number of hydrogen-bond acceptors (Lipinski definition) is 14. The normalized spacial score (nSPS) is 11.6. The van der Waals surface area contributed by atoms with Crippen molar-refractivity contribution >= 4 is 0 Å². The van der Waals surface area contributed by atoms with Gasteiger partial charge >= 0.3 is 0 Å². The molecule has 0 unspecified atom stereocenters. The van der Waals surface area contributed by atoms with Crippen LogP contribution in [0.15, 0.2) is 0 Å². The molecule has 0 saturated heterocycles. The summed E-state index contributed by atoms with van der Waals surface area (Å²) in [6, 6.07) is 0. The molecule has 0 aromatic carbocycles. The fourth-order valence-corrected chi connectivity index (χ4v) is 3.72. The molecule has 48 heavy (non-hydrogen) atoms. The van der Waals surface area contributed by atoms with Crippen LogP contribution in [0.25, 0.3) is 0 Å². The first-order valence-corrected chi connectivity index (χ1v) is 18.1. The number of likely N-dealkylation sites (N-methyl/N-ethyl adjacent to an activating group) is 1. The minimum absolute atomic E-state index is 0.515. The molecule has 14 heteroatoms. The van der Waals surface area contributed by atoms with E-state index in [0.29, 0.717) is 165 Å². The van der Waals surface area contributed by atoms with Gasteiger partial charge in [-0.25, -0.2) is 0 Å². The Hall–Kier alpha value is -0.560. The lowest BCUT2D eigenvalue weighted by atomic mass is 10.2. The molecule has 0 aliphatic carbocycles. The Kier molecular flexibility index (Phi) is 45.9. The molecule has 0 saturated carbocycles. The average molecular weight is 702 g/mol. The third kappa shape index (κ3) is 45.4. The van der Waals surface area contributed by atoms with E-state index in [-0.39, 0.29) is 0 Å². The van der Waals surface area contributed by atoms with Crippen molar-refractivity contribution < 1.29 is 61.6 Å². The summed E-state index contributed by atoms with van der Waals surface area (Å²) in [5, 5.41) is 3.02. The number of unbranched alkanes of at least 4 members (excludes halogenated alkanes) is 4. The van der Waals surface area contributed by atoms with Crippen LogP contribution in [0.2, 0.25) is 0 Å². The third-order valence-corrected chi connectivity index (χ3v) is 6.35. The SMILES string of the molecule is CCCCCCCOCCOCCOCCOCCOCCOCCOCCOCCOCCOCCOCCOCCOCCNC. The summed E-state index contributed by atoms with van der Waals surface area (Å²) < 4.78 is 71.2. The average Bonchev–Trinajstić information content (AvgIpc) is 3.10. The Morgan fingerprint density at radius 2 is 0.458 bits per heavy atom. The minimum Gasteiger partial charge on any atom is -0.379 e. The van der Waals surface area contributed by atoms with Gasteiger partial charge in [0.2, 0.25) is 0 Å². The van der Waals surface area contributed by atoms with Crippen LogP contribution in [-0.4, -0.2) is 185 Å². The van der Waals surface area contributed by atoms with E-state index in [9.17, 15) is 0 Å². The molecule has 1 N–H and O–H groups in total. The van der Waals surface area contributed by atoms with Crippen molar-refractivity contribution in [2.45, 2.75) is 39.0 Å². The highest BCUT2D eigenvalue weighted by Crippen LogP contribution is 2.02. The number of hydrogen-bond donors (Lipinski definition) is 1. The summed E-state index contributed by atoms with van der Waals surface area (Å²) in [7, 11) is 1.90. The predicted molar refractivity (Wildman–Crippen MR) is 183 cm³/mol. The molecule has 0 amide bonds. The van der Waals surface area contributed by atoms with E-state index in [0.717, 1.165) is 19.6 Å². The van der Waals surface area contributed by atoms with Crippen LogP contribution >= 0.6 is 0 Å². The maximum Gasteiger partial charge on any atom is 0.0701 e. The number of rotatable bonds is 45. The highest BCUT2D eigenvalue weighted by molar-refractivity contribution is 4.43. The Morgan fingerprint density at radius 3 is 0.688 bits per heavy atom. The third-order valence-electron chi connectivity index (χ3n) is 6.35. The van der Waals surface area contributed by atoms with Crippen LogP contribution < -0.4 is 5.32 Å². The molecule has 0 rings (SSSR count). The fraction of sp³-hybridized carbons (Fsp3) is 1.00. The molecule has 14 nitrogen and oxygen atoms in total. The van der Waals surface area contributed by atoms with Crippen molar-refractivity contribution in [3.05, 3.63) is 0 Å². The largest absolute Gasteiger partial charge is 0.379 e. The van der Waals surface area contributed by atoms with Crippen LogP contribution in [0.1, 0.15) is 39.0 Å². The second-order valence-corrected chi connectivity index (χ2v) is 10.5. The zero-order valence-corrected chi connectivity index (χ0v) is 30.4. The molecular weight excluding hydrogens is 630 g/mol. The van der Waals surface area contributed by atoms with Crippen LogP contribution in [0, 0.1) is 0 Å². The fourth-order valence-electron chi connectivity index (χ4n) is 3.72. The standard InChI is InChI=1S/C34H71NO13/c1-3-4-5-6-7-9-36-11-13-38-15-17-40-19-21-42-23-25-44-27-29-46-31-33-48-34-32-47-30-28-45-26-24-43-22-20-41-18-16-39-14-12-37-10-8-35-2/h35H,3-34H2,1-2H3. The first kappa shape index (κ1) is 47.4. The molecule has 0 spiro atoms. The number of ether oxygens (including phenoxy) is 13. The molecule has 0 fully saturated rings. The van der Waals surface area contributed by atoms with Gasteiger partial charge in [0.15, 0.2) is 0 Å². The van der Waals surface area contributed by atoms with Gasteiger partial charge in [-0.2, -0.15) is 0 Å². The lowest BCUT2D eigenvalue weighted by Gasteiger charge is -2.09. The molecule has 0 radical (unpaired) electrons. The van der Waals surface area contributed by atoms with Crippen LogP contribution in [0.4, 0.5) is 0 Å². The van der Waals surface area contributed by atoms with Gasteiger partial charge in [-0.3, -0.25) is 0 Å². The highest BCUT2D eigenvalue weighted by Gasteiger charge is 1.97. The quantitative estimate of drug-likeness (QED) is 0.0933. The maximum absolute atomic E-state index is 5.56. The van der Waals surface area contributed by atoms with E-state index < -0.39 is 0 Å². The summed E-state index contributed by atoms with van der Waals surface area (Å²) in [4.78, 5) is 0. The van der Waals surface area contributed by atoms with Gasteiger partial charge in [-0.15, -0.1) is 0 Å². The molecule has 0 atom stereocenters. The van der Waals surface area contributed by atoms with E-state index >= 15 is 0 Å². The lowest BCUT2D eigenvalue weighted by Crippen LogP contribution is -2.17. The van der Waals surface area contributed by atoms with Crippen molar-refractivity contribution in [1.82, 2.24) is 5.32 Å². The zero-order chi connectivity index (χ0) is 34.5. The summed E-state index contributed by atoms with van der Waals surface area (Å²) in [6.45, 7) is 17.6. The second-order valence-electron chi connectivity index (χ2n) is 10.5. The molecule has 290 valence electrons. The van der Waals surface area contributed by atoms with Gasteiger partial charge in [0.05, 0.1) is 165 Å². The molecular formula is C34H71NO13. The maximum atomic E-state index is 5.56. The van der Waals surface area contributed by atoms with Crippen LogP contribution in [-0.2, 0) is 61.6 Å². The first-order valence-electron chi connectivity index (χ1n) is 18.1. The van der Waals surface area contributed by atoms with E-state index in [1.165, 1.54) is 25.7 Å². The van der Waals surface area contributed by atoms with Gasteiger partial charge in [0.25, 0.3) is 0 Å². The molecule has 0 heterocycles.